The Labute approximate surface area is 200 Å². The van der Waals surface area contributed by atoms with Crippen molar-refractivity contribution in [2.24, 2.45) is 11.8 Å². The van der Waals surface area contributed by atoms with Crippen molar-refractivity contribution in [2.45, 2.75) is 49.5 Å². The van der Waals surface area contributed by atoms with E-state index in [9.17, 15) is 27.9 Å². The van der Waals surface area contributed by atoms with Crippen molar-refractivity contribution in [1.82, 2.24) is 20.3 Å². The number of benzene rings is 1. The molecule has 2 heterocycles. The maximum Gasteiger partial charge on any atom is 0.323 e. The maximum absolute atomic E-state index is 12.9. The van der Waals surface area contributed by atoms with E-state index in [1.165, 1.54) is 29.2 Å². The number of piperidine rings is 2. The summed E-state index contributed by atoms with van der Waals surface area (Å²) in [6, 6.07) is 5.87. The number of carboxylic acids is 1. The third-order valence-electron chi connectivity index (χ3n) is 6.51. The predicted octanol–water partition coefficient (Wildman–Crippen LogP) is 0.553. The number of carbonyl (C=O) groups excluding carboxylic acids is 2. The van der Waals surface area contributed by atoms with Crippen LogP contribution in [0.5, 0.6) is 0 Å². The number of likely N-dealkylation sites (tertiary alicyclic amines) is 1. The second-order valence-corrected chi connectivity index (χ2v) is 10.7. The molecule has 0 radical (unpaired) electrons. The molecular weight excluding hydrogens is 460 g/mol. The number of nitrogens with one attached hydrogen (secondary N) is 3. The molecule has 4 N–H and O–H groups in total. The van der Waals surface area contributed by atoms with Gasteiger partial charge in [-0.1, -0.05) is 18.2 Å². The minimum absolute atomic E-state index is 0.0325. The first kappa shape index (κ1) is 26.1. The number of carboxylic acid groups (broad SMARTS) is 1. The number of rotatable bonds is 11. The van der Waals surface area contributed by atoms with E-state index in [1.54, 1.807) is 6.07 Å². The van der Waals surface area contributed by atoms with Gasteiger partial charge in [-0.3, -0.25) is 14.4 Å². The van der Waals surface area contributed by atoms with E-state index < -0.39 is 34.5 Å². The molecule has 2 saturated heterocycles. The molecule has 0 aliphatic carbocycles. The number of amides is 2. The van der Waals surface area contributed by atoms with Gasteiger partial charge in [0, 0.05) is 19.0 Å². The molecule has 10 nitrogen and oxygen atoms in total. The summed E-state index contributed by atoms with van der Waals surface area (Å²) in [4.78, 5) is 38.3. The minimum Gasteiger partial charge on any atom is -0.480 e. The Morgan fingerprint density at radius 3 is 2.50 bits per heavy atom. The summed E-state index contributed by atoms with van der Waals surface area (Å²) < 4.78 is 26.9. The average molecular weight is 495 g/mol. The lowest BCUT2D eigenvalue weighted by atomic mass is 9.86. The van der Waals surface area contributed by atoms with E-state index in [0.29, 0.717) is 12.5 Å². The lowest BCUT2D eigenvalue weighted by Gasteiger charge is -2.33. The molecule has 2 fully saturated rings. The molecule has 1 aromatic carbocycles. The number of hydrogen-bond donors (Lipinski definition) is 4. The molecule has 0 unspecified atom stereocenters. The SMILES string of the molecule is O=C(CN1CCC[C@@H](CCC2CCNCC2)C1=O)NC[C@H](NS(=O)(=O)c1ccccc1)C(=O)O. The van der Waals surface area contributed by atoms with Crippen LogP contribution < -0.4 is 15.4 Å². The summed E-state index contributed by atoms with van der Waals surface area (Å²) in [6.45, 7) is 1.93. The molecule has 0 aromatic heterocycles. The van der Waals surface area contributed by atoms with Crippen LogP contribution in [0.3, 0.4) is 0 Å². The Morgan fingerprint density at radius 1 is 1.12 bits per heavy atom. The number of aliphatic carboxylic acids is 1. The van der Waals surface area contributed by atoms with Crippen LogP contribution in [0.25, 0.3) is 0 Å². The van der Waals surface area contributed by atoms with Crippen LogP contribution in [-0.4, -0.2) is 75.0 Å². The van der Waals surface area contributed by atoms with Crippen LogP contribution in [0, 0.1) is 11.8 Å². The summed E-state index contributed by atoms with van der Waals surface area (Å²) in [6.07, 6.45) is 5.75. The molecule has 2 atom stereocenters. The first-order valence-electron chi connectivity index (χ1n) is 11.8. The summed E-state index contributed by atoms with van der Waals surface area (Å²) in [7, 11) is -4.06. The largest absolute Gasteiger partial charge is 0.480 e. The molecular formula is C23H34N4O6S. The molecule has 2 amide bonds. The van der Waals surface area contributed by atoms with Crippen LogP contribution in [-0.2, 0) is 24.4 Å². The highest BCUT2D eigenvalue weighted by molar-refractivity contribution is 7.89. The van der Waals surface area contributed by atoms with Crippen molar-refractivity contribution in [3.05, 3.63) is 30.3 Å². The number of sulfonamides is 1. The van der Waals surface area contributed by atoms with Gasteiger partial charge in [-0.05, 0) is 69.7 Å². The van der Waals surface area contributed by atoms with Gasteiger partial charge in [-0.25, -0.2) is 8.42 Å². The first-order valence-corrected chi connectivity index (χ1v) is 13.3. The zero-order chi connectivity index (χ0) is 24.6. The molecule has 2 aliphatic heterocycles. The predicted molar refractivity (Wildman–Crippen MR) is 125 cm³/mol. The van der Waals surface area contributed by atoms with E-state index in [-0.39, 0.29) is 23.3 Å². The van der Waals surface area contributed by atoms with Crippen LogP contribution >= 0.6 is 0 Å². The van der Waals surface area contributed by atoms with Gasteiger partial charge in [0.1, 0.15) is 6.04 Å². The fraction of sp³-hybridized carbons (Fsp3) is 0.609. The third-order valence-corrected chi connectivity index (χ3v) is 8.00. The smallest absolute Gasteiger partial charge is 0.323 e. The van der Waals surface area contributed by atoms with Gasteiger partial charge in [0.2, 0.25) is 21.8 Å². The van der Waals surface area contributed by atoms with Crippen molar-refractivity contribution in [3.63, 3.8) is 0 Å². The van der Waals surface area contributed by atoms with Gasteiger partial charge in [0.15, 0.2) is 0 Å². The second kappa shape index (κ2) is 12.3. The molecule has 188 valence electrons. The minimum atomic E-state index is -4.06. The highest BCUT2D eigenvalue weighted by Crippen LogP contribution is 2.27. The van der Waals surface area contributed by atoms with Crippen LogP contribution in [0.2, 0.25) is 0 Å². The molecule has 11 heteroatoms. The Bertz CT molecular complexity index is 949. The van der Waals surface area contributed by atoms with Gasteiger partial charge >= 0.3 is 5.97 Å². The van der Waals surface area contributed by atoms with E-state index in [1.807, 2.05) is 0 Å². The normalized spacial score (nSPS) is 20.6. The van der Waals surface area contributed by atoms with Crippen molar-refractivity contribution in [3.8, 4) is 0 Å². The van der Waals surface area contributed by atoms with E-state index >= 15 is 0 Å². The Balaban J connectivity index is 1.48. The molecule has 1 aromatic rings. The van der Waals surface area contributed by atoms with Gasteiger partial charge in [0.05, 0.1) is 11.4 Å². The van der Waals surface area contributed by atoms with Gasteiger partial charge in [-0.2, -0.15) is 4.72 Å². The summed E-state index contributed by atoms with van der Waals surface area (Å²) >= 11 is 0. The standard InChI is InChI=1S/C23H34N4O6S/c28-21(25-15-20(23(30)31)26-34(32,33)19-6-2-1-3-7-19)16-27-14-4-5-18(22(27)29)9-8-17-10-12-24-13-11-17/h1-3,6-7,17-18,20,24,26H,4-5,8-16H2,(H,25,28)(H,30,31)/t18-,20-/m0/s1. The second-order valence-electron chi connectivity index (χ2n) is 9.00. The third kappa shape index (κ3) is 7.51. The lowest BCUT2D eigenvalue weighted by molar-refractivity contribution is -0.143. The summed E-state index contributed by atoms with van der Waals surface area (Å²) in [5, 5.41) is 15.2. The van der Waals surface area contributed by atoms with E-state index in [4.69, 9.17) is 0 Å². The summed E-state index contributed by atoms with van der Waals surface area (Å²) in [5.74, 6) is -1.40. The fourth-order valence-electron chi connectivity index (χ4n) is 4.53. The van der Waals surface area contributed by atoms with Crippen molar-refractivity contribution >= 4 is 27.8 Å². The first-order chi connectivity index (χ1) is 16.3. The average Bonchev–Trinajstić information content (AvgIpc) is 2.83. The lowest BCUT2D eigenvalue weighted by Crippen LogP contribution is -2.51. The van der Waals surface area contributed by atoms with E-state index in [2.05, 4.69) is 15.4 Å². The van der Waals surface area contributed by atoms with Gasteiger partial charge in [-0.15, -0.1) is 0 Å². The molecule has 0 spiro atoms. The molecule has 34 heavy (non-hydrogen) atoms. The number of nitrogens with zero attached hydrogens (tertiary/aromatic N) is 1. The van der Waals surface area contributed by atoms with Crippen molar-refractivity contribution in [2.75, 3.05) is 32.7 Å². The van der Waals surface area contributed by atoms with E-state index in [0.717, 1.165) is 51.6 Å². The zero-order valence-corrected chi connectivity index (χ0v) is 20.1. The topological polar surface area (TPSA) is 145 Å². The zero-order valence-electron chi connectivity index (χ0n) is 19.2. The fourth-order valence-corrected chi connectivity index (χ4v) is 5.74. The van der Waals surface area contributed by atoms with Crippen molar-refractivity contribution in [1.29, 1.82) is 0 Å². The molecule has 0 saturated carbocycles. The quantitative estimate of drug-likeness (QED) is 0.352. The molecule has 3 rings (SSSR count). The highest BCUT2D eigenvalue weighted by atomic mass is 32.2. The molecule has 0 bridgehead atoms. The Morgan fingerprint density at radius 2 is 1.82 bits per heavy atom. The van der Waals surface area contributed by atoms with Crippen LogP contribution in [0.4, 0.5) is 0 Å². The van der Waals surface area contributed by atoms with Gasteiger partial charge < -0.3 is 20.6 Å². The Kier molecular flexibility index (Phi) is 9.43. The number of carbonyl (C=O) groups is 3. The van der Waals surface area contributed by atoms with Crippen molar-refractivity contribution < 1.29 is 27.9 Å². The number of hydrogen-bond acceptors (Lipinski definition) is 6. The van der Waals surface area contributed by atoms with Gasteiger partial charge in [0.25, 0.3) is 0 Å². The molecule has 2 aliphatic rings. The maximum atomic E-state index is 12.9. The van der Waals surface area contributed by atoms with Crippen LogP contribution in [0.15, 0.2) is 35.2 Å². The highest BCUT2D eigenvalue weighted by Gasteiger charge is 2.31. The van der Waals surface area contributed by atoms with Crippen LogP contribution in [0.1, 0.15) is 38.5 Å². The monoisotopic (exact) mass is 494 g/mol. The summed E-state index contributed by atoms with van der Waals surface area (Å²) in [5.41, 5.74) is 0. The Hall–Kier alpha value is -2.50.